The monoisotopic (exact) mass is 535 g/mol. The first kappa shape index (κ1) is 23.2. The lowest BCUT2D eigenvalue weighted by atomic mass is 9.97. The number of fused-ring (bicyclic) bond motifs is 2. The van der Waals surface area contributed by atoms with E-state index in [1.807, 2.05) is 23.6 Å². The van der Waals surface area contributed by atoms with Crippen LogP contribution in [-0.2, 0) is 6.18 Å². The normalized spacial score (nSPS) is 16.6. The van der Waals surface area contributed by atoms with Crippen LogP contribution in [-0.4, -0.2) is 56.7 Å². The summed E-state index contributed by atoms with van der Waals surface area (Å²) in [6.07, 6.45) is -3.10. The Kier molecular flexibility index (Phi) is 5.63. The molecule has 6 rings (SSSR count). The Hall–Kier alpha value is -3.19. The van der Waals surface area contributed by atoms with Crippen LogP contribution in [0.1, 0.15) is 45.0 Å². The number of carbonyl (C=O) groups is 1. The van der Waals surface area contributed by atoms with Crippen molar-refractivity contribution in [3.05, 3.63) is 45.0 Å². The fraction of sp³-hybridized carbons (Fsp3) is 0.391. The summed E-state index contributed by atoms with van der Waals surface area (Å²) < 4.78 is 51.1. The largest absolute Gasteiger partial charge is 0.486 e. The summed E-state index contributed by atoms with van der Waals surface area (Å²) in [7, 11) is 0. The first-order valence-electron chi connectivity index (χ1n) is 11.4. The number of amides is 1. The molecule has 0 N–H and O–H groups in total. The molecule has 1 saturated heterocycles. The second kappa shape index (κ2) is 8.73. The second-order valence-electron chi connectivity index (χ2n) is 8.64. The van der Waals surface area contributed by atoms with E-state index < -0.39 is 12.0 Å². The molecule has 3 aromatic heterocycles. The molecular weight excluding hydrogens is 515 g/mol. The van der Waals surface area contributed by atoms with E-state index in [0.29, 0.717) is 36.9 Å². The molecule has 0 aliphatic carbocycles. The lowest BCUT2D eigenvalue weighted by Gasteiger charge is -2.31. The summed E-state index contributed by atoms with van der Waals surface area (Å²) in [6, 6.07) is 5.82. The van der Waals surface area contributed by atoms with Gasteiger partial charge in [-0.15, -0.1) is 16.4 Å². The standard InChI is InChI=1S/C23H20F3N5O3S2/c1-12-18(36-22-28-21(23(24,25)26)29-31(12)22)20(32)30-6-4-13(5-7-30)19-27-15(11-35-19)14-2-3-16-17(10-14)34-9-8-33-16/h2-3,10-11,13H,4-9H2,1H3. The van der Waals surface area contributed by atoms with Gasteiger partial charge < -0.3 is 14.4 Å². The number of piperidine rings is 1. The maximum atomic E-state index is 13.1. The Bertz CT molecular complexity index is 1450. The minimum Gasteiger partial charge on any atom is -0.486 e. The van der Waals surface area contributed by atoms with Crippen LogP contribution < -0.4 is 9.47 Å². The van der Waals surface area contributed by atoms with E-state index >= 15 is 0 Å². The van der Waals surface area contributed by atoms with E-state index in [4.69, 9.17) is 14.5 Å². The average molecular weight is 536 g/mol. The fourth-order valence-electron chi connectivity index (χ4n) is 4.45. The topological polar surface area (TPSA) is 81.9 Å². The van der Waals surface area contributed by atoms with Gasteiger partial charge in [-0.05, 0) is 38.0 Å². The molecule has 4 aromatic rings. The molecule has 2 aliphatic rings. The summed E-state index contributed by atoms with van der Waals surface area (Å²) in [5.41, 5.74) is 2.22. The van der Waals surface area contributed by atoms with Crippen LogP contribution in [0.4, 0.5) is 13.2 Å². The van der Waals surface area contributed by atoms with Gasteiger partial charge in [0.25, 0.3) is 11.7 Å². The molecule has 0 saturated carbocycles. The van der Waals surface area contributed by atoms with Gasteiger partial charge in [0.1, 0.15) is 18.1 Å². The minimum atomic E-state index is -4.62. The van der Waals surface area contributed by atoms with Crippen molar-refractivity contribution in [1.29, 1.82) is 0 Å². The van der Waals surface area contributed by atoms with Gasteiger partial charge in [-0.2, -0.15) is 18.2 Å². The van der Waals surface area contributed by atoms with Crippen LogP contribution in [0, 0.1) is 6.92 Å². The van der Waals surface area contributed by atoms with Crippen LogP contribution in [0.3, 0.4) is 0 Å². The van der Waals surface area contributed by atoms with Gasteiger partial charge in [0.15, 0.2) is 11.5 Å². The van der Waals surface area contributed by atoms with E-state index in [9.17, 15) is 18.0 Å². The molecule has 5 heterocycles. The fourth-order valence-corrected chi connectivity index (χ4v) is 6.48. The molecule has 0 spiro atoms. The number of halogens is 3. The van der Waals surface area contributed by atoms with Crippen molar-refractivity contribution < 1.29 is 27.4 Å². The van der Waals surface area contributed by atoms with E-state index in [-0.39, 0.29) is 16.8 Å². The quantitative estimate of drug-likeness (QED) is 0.366. The van der Waals surface area contributed by atoms with Gasteiger partial charge in [0.2, 0.25) is 4.96 Å². The zero-order chi connectivity index (χ0) is 25.0. The highest BCUT2D eigenvalue weighted by molar-refractivity contribution is 7.19. The first-order valence-corrected chi connectivity index (χ1v) is 13.1. The SMILES string of the molecule is Cc1c(C(=O)N2CCC(c3nc(-c4ccc5c(c4)OCCO5)cs3)CC2)sc2nc(C(F)(F)F)nn12. The lowest BCUT2D eigenvalue weighted by Crippen LogP contribution is -2.37. The van der Waals surface area contributed by atoms with Gasteiger partial charge in [0.05, 0.1) is 16.4 Å². The molecule has 188 valence electrons. The Balaban J connectivity index is 1.13. The number of carbonyl (C=O) groups excluding carboxylic acids is 1. The molecule has 0 bridgehead atoms. The number of benzene rings is 1. The number of alkyl halides is 3. The zero-order valence-electron chi connectivity index (χ0n) is 19.0. The third kappa shape index (κ3) is 4.09. The van der Waals surface area contributed by atoms with Crippen LogP contribution in [0.2, 0.25) is 0 Å². The number of aromatic nitrogens is 4. The molecule has 0 unspecified atom stereocenters. The molecule has 1 fully saturated rings. The molecule has 1 amide bonds. The summed E-state index contributed by atoms with van der Waals surface area (Å²) in [4.78, 5) is 23.7. The van der Waals surface area contributed by atoms with Crippen molar-refractivity contribution in [3.8, 4) is 22.8 Å². The van der Waals surface area contributed by atoms with Crippen molar-refractivity contribution in [2.45, 2.75) is 31.9 Å². The smallest absolute Gasteiger partial charge is 0.453 e. The number of rotatable bonds is 3. The Morgan fingerprint density at radius 3 is 2.58 bits per heavy atom. The summed E-state index contributed by atoms with van der Waals surface area (Å²) in [5.74, 6) is 0.302. The molecule has 1 aromatic carbocycles. The second-order valence-corrected chi connectivity index (χ2v) is 10.5. The van der Waals surface area contributed by atoms with Crippen LogP contribution >= 0.6 is 22.7 Å². The van der Waals surface area contributed by atoms with Crippen molar-refractivity contribution in [3.63, 3.8) is 0 Å². The highest BCUT2D eigenvalue weighted by atomic mass is 32.1. The number of hydrogen-bond donors (Lipinski definition) is 0. The molecule has 13 heteroatoms. The zero-order valence-corrected chi connectivity index (χ0v) is 20.7. The van der Waals surface area contributed by atoms with Crippen molar-refractivity contribution in [1.82, 2.24) is 24.5 Å². The predicted octanol–water partition coefficient (Wildman–Crippen LogP) is 5.03. The van der Waals surface area contributed by atoms with Gasteiger partial charge in [-0.3, -0.25) is 4.79 Å². The predicted molar refractivity (Wildman–Crippen MR) is 127 cm³/mol. The van der Waals surface area contributed by atoms with Gasteiger partial charge in [-0.1, -0.05) is 11.3 Å². The Morgan fingerprint density at radius 2 is 1.86 bits per heavy atom. The van der Waals surface area contributed by atoms with Gasteiger partial charge >= 0.3 is 6.18 Å². The molecule has 36 heavy (non-hydrogen) atoms. The highest BCUT2D eigenvalue weighted by Crippen LogP contribution is 2.38. The van der Waals surface area contributed by atoms with Crippen molar-refractivity contribution in [2.24, 2.45) is 0 Å². The molecule has 2 aliphatic heterocycles. The molecule has 0 atom stereocenters. The van der Waals surface area contributed by atoms with Crippen molar-refractivity contribution >= 4 is 33.5 Å². The highest BCUT2D eigenvalue weighted by Gasteiger charge is 2.37. The minimum absolute atomic E-state index is 0.0625. The third-order valence-corrected chi connectivity index (χ3v) is 8.48. The van der Waals surface area contributed by atoms with Crippen LogP contribution in [0.25, 0.3) is 16.2 Å². The lowest BCUT2D eigenvalue weighted by molar-refractivity contribution is -0.144. The summed E-state index contributed by atoms with van der Waals surface area (Å²) in [6.45, 7) is 3.75. The number of hydrogen-bond acceptors (Lipinski definition) is 8. The van der Waals surface area contributed by atoms with E-state index in [0.717, 1.165) is 56.5 Å². The number of thiazole rings is 2. The van der Waals surface area contributed by atoms with Gasteiger partial charge in [-0.25, -0.2) is 9.50 Å². The number of aryl methyl sites for hydroxylation is 1. The van der Waals surface area contributed by atoms with Gasteiger partial charge in [0, 0.05) is 30.0 Å². The van der Waals surface area contributed by atoms with Crippen LogP contribution in [0.5, 0.6) is 11.5 Å². The average Bonchev–Trinajstić information content (AvgIpc) is 3.60. The molecule has 8 nitrogen and oxygen atoms in total. The maximum Gasteiger partial charge on any atom is 0.453 e. The van der Waals surface area contributed by atoms with E-state index in [1.54, 1.807) is 23.2 Å². The Morgan fingerprint density at radius 1 is 1.11 bits per heavy atom. The molecular formula is C23H20F3N5O3S2. The van der Waals surface area contributed by atoms with E-state index in [2.05, 4.69) is 10.1 Å². The summed E-state index contributed by atoms with van der Waals surface area (Å²) >= 11 is 2.55. The maximum absolute atomic E-state index is 13.1. The summed E-state index contributed by atoms with van der Waals surface area (Å²) in [5, 5.41) is 6.60. The number of likely N-dealkylation sites (tertiary alicyclic amines) is 1. The first-order chi connectivity index (χ1) is 17.3. The number of ether oxygens (including phenoxy) is 2. The van der Waals surface area contributed by atoms with E-state index in [1.165, 1.54) is 0 Å². The number of nitrogens with zero attached hydrogens (tertiary/aromatic N) is 5. The van der Waals surface area contributed by atoms with Crippen molar-refractivity contribution in [2.75, 3.05) is 26.3 Å². The third-order valence-electron chi connectivity index (χ3n) is 6.36. The molecule has 0 radical (unpaired) electrons. The van der Waals surface area contributed by atoms with Crippen LogP contribution in [0.15, 0.2) is 23.6 Å². The Labute approximate surface area is 211 Å².